The maximum absolute atomic E-state index is 12.6. The van der Waals surface area contributed by atoms with Crippen LogP contribution in [0.5, 0.6) is 0 Å². The normalized spacial score (nSPS) is 20.4. The Hall–Kier alpha value is -1.65. The van der Waals surface area contributed by atoms with Crippen LogP contribution in [-0.2, 0) is 17.6 Å². The predicted molar refractivity (Wildman–Crippen MR) is 165 cm³/mol. The lowest BCUT2D eigenvalue weighted by Gasteiger charge is -2.39. The average molecular weight is 667 g/mol. The molecule has 1 aromatic carbocycles. The van der Waals surface area contributed by atoms with Gasteiger partial charge in [-0.05, 0) is 97.9 Å². The SMILES string of the molecule is CSc1nc2c(c(N3CCN(C(=O)OC(C)(C)C)CC3)n1)CC(C)C(c1c(C)ccc3c1cnn3PI)C2. The molecule has 11 heteroatoms. The Labute approximate surface area is 244 Å². The second kappa shape index (κ2) is 11.1. The molecule has 38 heavy (non-hydrogen) atoms. The van der Waals surface area contributed by atoms with Gasteiger partial charge in [0.25, 0.3) is 0 Å². The van der Waals surface area contributed by atoms with Crippen molar-refractivity contribution in [2.24, 2.45) is 5.92 Å². The van der Waals surface area contributed by atoms with Crippen LogP contribution in [0.15, 0.2) is 23.5 Å². The highest BCUT2D eigenvalue weighted by Crippen LogP contribution is 2.44. The quantitative estimate of drug-likeness (QED) is 0.142. The van der Waals surface area contributed by atoms with Gasteiger partial charge in [-0.25, -0.2) is 19.2 Å². The van der Waals surface area contributed by atoms with Crippen molar-refractivity contribution in [1.29, 1.82) is 0 Å². The first-order chi connectivity index (χ1) is 18.1. The molecule has 0 bridgehead atoms. The number of hydrogen-bond donors (Lipinski definition) is 0. The number of hydrogen-bond acceptors (Lipinski definition) is 7. The molecule has 3 heterocycles. The van der Waals surface area contributed by atoms with Gasteiger partial charge in [0.05, 0.1) is 23.8 Å². The average Bonchev–Trinajstić information content (AvgIpc) is 3.30. The Kier molecular flexibility index (Phi) is 8.14. The number of halogens is 1. The van der Waals surface area contributed by atoms with E-state index in [1.54, 1.807) is 11.8 Å². The molecule has 2 aliphatic rings. The lowest BCUT2D eigenvalue weighted by molar-refractivity contribution is 0.0240. The molecule has 1 fully saturated rings. The van der Waals surface area contributed by atoms with E-state index in [0.29, 0.717) is 31.3 Å². The topological polar surface area (TPSA) is 76.4 Å². The summed E-state index contributed by atoms with van der Waals surface area (Å²) in [6.45, 7) is 13.0. The van der Waals surface area contributed by atoms with Crippen LogP contribution in [0.1, 0.15) is 56.0 Å². The number of anilines is 1. The number of aryl methyl sites for hydroxylation is 1. The number of carbonyl (C=O) groups excluding carboxylic acids is 1. The second-order valence-electron chi connectivity index (χ2n) is 11.3. The number of aromatic nitrogens is 4. The Morgan fingerprint density at radius 1 is 1.16 bits per heavy atom. The van der Waals surface area contributed by atoms with E-state index in [1.807, 2.05) is 31.9 Å². The van der Waals surface area contributed by atoms with Crippen LogP contribution in [0, 0.1) is 12.8 Å². The first-order valence-corrected chi connectivity index (χ1v) is 18.4. The van der Waals surface area contributed by atoms with E-state index in [4.69, 9.17) is 14.7 Å². The molecule has 3 atom stereocenters. The summed E-state index contributed by atoms with van der Waals surface area (Å²) >= 11 is 3.99. The first-order valence-electron chi connectivity index (χ1n) is 13.1. The Morgan fingerprint density at radius 2 is 1.89 bits per heavy atom. The number of ether oxygens (including phenoxy) is 1. The molecular formula is C27H36IN6O2PS. The number of nitrogens with zero attached hydrogens (tertiary/aromatic N) is 6. The van der Waals surface area contributed by atoms with Gasteiger partial charge in [-0.2, -0.15) is 5.10 Å². The Bertz CT molecular complexity index is 1350. The standard InChI is InChI=1S/C27H36IN6O2PS/c1-16-7-8-22-20(15-29-34(22)37-28)23(16)18-14-21-19(13-17(18)2)24(31-25(30-21)38-6)32-9-11-33(12-10-32)26(35)36-27(3,4)5/h7-8,15,17-18,37H,9-14H2,1-6H3. The van der Waals surface area contributed by atoms with Crippen molar-refractivity contribution < 1.29 is 9.53 Å². The minimum atomic E-state index is -0.488. The monoisotopic (exact) mass is 666 g/mol. The number of carbonyl (C=O) groups is 1. The van der Waals surface area contributed by atoms with Crippen LogP contribution in [0.3, 0.4) is 0 Å². The van der Waals surface area contributed by atoms with Gasteiger partial charge in [0.2, 0.25) is 0 Å². The number of fused-ring (bicyclic) bond motifs is 2. The summed E-state index contributed by atoms with van der Waals surface area (Å²) < 4.78 is 7.70. The van der Waals surface area contributed by atoms with E-state index in [0.717, 1.165) is 42.6 Å². The Balaban J connectivity index is 1.43. The zero-order valence-corrected chi connectivity index (χ0v) is 26.9. The van der Waals surface area contributed by atoms with Gasteiger partial charge >= 0.3 is 6.09 Å². The number of thioether (sulfide) groups is 1. The molecule has 204 valence electrons. The van der Waals surface area contributed by atoms with Crippen molar-refractivity contribution in [1.82, 2.24) is 24.4 Å². The minimum absolute atomic E-state index is 0.237. The highest BCUT2D eigenvalue weighted by Gasteiger charge is 2.35. The fraction of sp³-hybridized carbons (Fsp3) is 0.556. The van der Waals surface area contributed by atoms with E-state index in [1.165, 1.54) is 27.6 Å². The van der Waals surface area contributed by atoms with Crippen molar-refractivity contribution in [3.63, 3.8) is 0 Å². The molecule has 2 aromatic heterocycles. The number of rotatable bonds is 4. The summed E-state index contributed by atoms with van der Waals surface area (Å²) in [5.41, 5.74) is 5.90. The third-order valence-electron chi connectivity index (χ3n) is 7.55. The predicted octanol–water partition coefficient (Wildman–Crippen LogP) is 6.22. The summed E-state index contributed by atoms with van der Waals surface area (Å²) in [6.07, 6.45) is 6.27. The van der Waals surface area contributed by atoms with Gasteiger partial charge in [0.1, 0.15) is 11.4 Å². The van der Waals surface area contributed by atoms with Crippen molar-refractivity contribution in [2.45, 2.75) is 64.1 Å². The number of amides is 1. The van der Waals surface area contributed by atoms with Crippen LogP contribution in [0.2, 0.25) is 0 Å². The van der Waals surface area contributed by atoms with Crippen LogP contribution >= 0.6 is 40.2 Å². The largest absolute Gasteiger partial charge is 0.444 e. The molecule has 8 nitrogen and oxygen atoms in total. The summed E-state index contributed by atoms with van der Waals surface area (Å²) in [4.78, 5) is 26.8. The van der Waals surface area contributed by atoms with E-state index in [9.17, 15) is 4.79 Å². The molecule has 1 aliphatic carbocycles. The lowest BCUT2D eigenvalue weighted by Crippen LogP contribution is -2.50. The third-order valence-corrected chi connectivity index (χ3v) is 9.99. The molecule has 1 saturated heterocycles. The van der Waals surface area contributed by atoms with E-state index >= 15 is 0 Å². The first kappa shape index (κ1) is 27.9. The third kappa shape index (κ3) is 5.50. The van der Waals surface area contributed by atoms with Gasteiger partial charge in [-0.1, -0.05) is 24.8 Å². The molecule has 1 aliphatic heterocycles. The van der Waals surface area contributed by atoms with Gasteiger partial charge < -0.3 is 14.5 Å². The summed E-state index contributed by atoms with van der Waals surface area (Å²) in [5, 5.41) is 6.76. The maximum Gasteiger partial charge on any atom is 0.410 e. The van der Waals surface area contributed by atoms with Crippen molar-refractivity contribution >= 4 is 63.0 Å². The fourth-order valence-corrected chi connectivity index (χ4v) is 7.62. The van der Waals surface area contributed by atoms with Crippen LogP contribution in [0.25, 0.3) is 10.9 Å². The lowest BCUT2D eigenvalue weighted by atomic mass is 9.73. The van der Waals surface area contributed by atoms with Crippen molar-refractivity contribution in [3.8, 4) is 0 Å². The van der Waals surface area contributed by atoms with Crippen LogP contribution in [-0.4, -0.2) is 68.5 Å². The molecule has 0 radical (unpaired) electrons. The Morgan fingerprint density at radius 3 is 2.55 bits per heavy atom. The molecule has 0 N–H and O–H groups in total. The molecule has 3 unspecified atom stereocenters. The van der Waals surface area contributed by atoms with E-state index in [2.05, 4.69) is 68.7 Å². The van der Waals surface area contributed by atoms with Crippen LogP contribution in [0.4, 0.5) is 10.6 Å². The maximum atomic E-state index is 12.6. The van der Waals surface area contributed by atoms with Crippen molar-refractivity contribution in [3.05, 3.63) is 40.7 Å². The molecule has 1 amide bonds. The van der Waals surface area contributed by atoms with Gasteiger partial charge in [0, 0.05) is 37.1 Å². The van der Waals surface area contributed by atoms with Gasteiger partial charge in [0.15, 0.2) is 5.16 Å². The molecule has 3 aromatic rings. The smallest absolute Gasteiger partial charge is 0.410 e. The summed E-state index contributed by atoms with van der Waals surface area (Å²) in [6, 6.07) is 4.45. The molecule has 0 saturated carbocycles. The minimum Gasteiger partial charge on any atom is -0.444 e. The zero-order valence-electron chi connectivity index (χ0n) is 22.9. The summed E-state index contributed by atoms with van der Waals surface area (Å²) in [5.74, 6) is 1.87. The van der Waals surface area contributed by atoms with Crippen molar-refractivity contribution in [2.75, 3.05) is 37.3 Å². The highest BCUT2D eigenvalue weighted by molar-refractivity contribution is 14.2. The van der Waals surface area contributed by atoms with Gasteiger partial charge in [-0.3, -0.25) is 0 Å². The molecule has 5 rings (SSSR count). The summed E-state index contributed by atoms with van der Waals surface area (Å²) in [7, 11) is 0. The zero-order chi connectivity index (χ0) is 27.2. The van der Waals surface area contributed by atoms with Gasteiger partial charge in [-0.15, -0.1) is 0 Å². The van der Waals surface area contributed by atoms with E-state index < -0.39 is 5.60 Å². The highest BCUT2D eigenvalue weighted by atomic mass is 127. The second-order valence-corrected chi connectivity index (χ2v) is 14.1. The number of benzene rings is 1. The fourth-order valence-electron chi connectivity index (χ4n) is 5.70. The molecule has 0 spiro atoms. The van der Waals surface area contributed by atoms with E-state index in [-0.39, 0.29) is 6.09 Å². The molecular weight excluding hydrogens is 630 g/mol. The number of piperazine rings is 1. The van der Waals surface area contributed by atoms with Crippen LogP contribution < -0.4 is 4.90 Å².